The van der Waals surface area contributed by atoms with E-state index >= 15 is 0 Å². The van der Waals surface area contributed by atoms with Gasteiger partial charge in [-0.1, -0.05) is 6.92 Å². The first-order valence-corrected chi connectivity index (χ1v) is 5.94. The molecule has 1 aliphatic heterocycles. The number of hydrogen-bond donors (Lipinski definition) is 2. The summed E-state index contributed by atoms with van der Waals surface area (Å²) in [6.45, 7) is 7.35. The summed E-state index contributed by atoms with van der Waals surface area (Å²) in [7, 11) is 1.43. The molecular formula is C11H23N3O2. The highest BCUT2D eigenvalue weighted by atomic mass is 16.6. The molecule has 2 N–H and O–H groups in total. The first-order valence-electron chi connectivity index (χ1n) is 5.94. The Morgan fingerprint density at radius 2 is 2.38 bits per heavy atom. The average Bonchev–Trinajstić information content (AvgIpc) is 2.26. The number of amides is 2. The average molecular weight is 229 g/mol. The second-order valence-corrected chi connectivity index (χ2v) is 4.61. The number of hydroxylamine groups is 1. The molecule has 0 aromatic rings. The molecule has 0 aromatic heterocycles. The molecule has 94 valence electrons. The van der Waals surface area contributed by atoms with Crippen LogP contribution in [0.4, 0.5) is 4.79 Å². The fourth-order valence-corrected chi connectivity index (χ4v) is 2.12. The number of nitrogens with zero attached hydrogens (tertiary/aromatic N) is 1. The molecule has 0 bridgehead atoms. The number of nitrogens with one attached hydrogen (secondary N) is 2. The van der Waals surface area contributed by atoms with Crippen LogP contribution in [0.5, 0.6) is 0 Å². The third-order valence-corrected chi connectivity index (χ3v) is 3.06. The van der Waals surface area contributed by atoms with E-state index in [1.165, 1.54) is 20.0 Å². The standard InChI is InChI=1S/C11H23N3O2/c1-9-5-4-6-14(8-9)10(2)7-12-11(15)13-16-3/h9-10H,4-8H2,1-3H3,(H2,12,13,15)/t9-,10+/m0/s1. The number of carbonyl (C=O) groups excluding carboxylic acids is 1. The smallest absolute Gasteiger partial charge is 0.335 e. The van der Waals surface area contributed by atoms with E-state index in [0.29, 0.717) is 12.6 Å². The third-order valence-electron chi connectivity index (χ3n) is 3.06. The van der Waals surface area contributed by atoms with E-state index in [1.807, 2.05) is 0 Å². The molecule has 1 fully saturated rings. The maximum Gasteiger partial charge on any atom is 0.338 e. The number of urea groups is 1. The van der Waals surface area contributed by atoms with E-state index in [1.54, 1.807) is 0 Å². The zero-order chi connectivity index (χ0) is 12.0. The van der Waals surface area contributed by atoms with Crippen molar-refractivity contribution in [2.45, 2.75) is 32.7 Å². The van der Waals surface area contributed by atoms with E-state index in [4.69, 9.17) is 0 Å². The Balaban J connectivity index is 2.23. The van der Waals surface area contributed by atoms with Gasteiger partial charge in [-0.2, -0.15) is 0 Å². The predicted octanol–water partition coefficient (Wildman–Crippen LogP) is 0.967. The molecule has 5 heteroatoms. The maximum absolute atomic E-state index is 11.1. The fourth-order valence-electron chi connectivity index (χ4n) is 2.12. The van der Waals surface area contributed by atoms with Gasteiger partial charge in [0, 0.05) is 19.1 Å². The minimum Gasteiger partial charge on any atom is -0.335 e. The molecule has 0 spiro atoms. The van der Waals surface area contributed by atoms with Crippen molar-refractivity contribution in [2.24, 2.45) is 5.92 Å². The van der Waals surface area contributed by atoms with Crippen molar-refractivity contribution in [3.05, 3.63) is 0 Å². The minimum absolute atomic E-state index is 0.278. The lowest BCUT2D eigenvalue weighted by Gasteiger charge is -2.35. The molecule has 2 amide bonds. The Hall–Kier alpha value is -0.810. The van der Waals surface area contributed by atoms with E-state index < -0.39 is 0 Å². The van der Waals surface area contributed by atoms with Gasteiger partial charge in [-0.3, -0.25) is 9.74 Å². The van der Waals surface area contributed by atoms with Gasteiger partial charge in [0.2, 0.25) is 0 Å². The minimum atomic E-state index is -0.278. The topological polar surface area (TPSA) is 53.6 Å². The second-order valence-electron chi connectivity index (χ2n) is 4.61. The number of rotatable bonds is 4. The first kappa shape index (κ1) is 13.3. The van der Waals surface area contributed by atoms with Crippen molar-refractivity contribution in [1.29, 1.82) is 0 Å². The molecule has 5 nitrogen and oxygen atoms in total. The molecule has 0 aromatic carbocycles. The van der Waals surface area contributed by atoms with E-state index in [0.717, 1.165) is 19.0 Å². The third kappa shape index (κ3) is 4.37. The molecule has 16 heavy (non-hydrogen) atoms. The van der Waals surface area contributed by atoms with Crippen LogP contribution >= 0.6 is 0 Å². The highest BCUT2D eigenvalue weighted by molar-refractivity contribution is 5.72. The highest BCUT2D eigenvalue weighted by Crippen LogP contribution is 2.17. The highest BCUT2D eigenvalue weighted by Gasteiger charge is 2.20. The van der Waals surface area contributed by atoms with Crippen LogP contribution in [0, 0.1) is 5.92 Å². The summed E-state index contributed by atoms with van der Waals surface area (Å²) in [5, 5.41) is 2.78. The monoisotopic (exact) mass is 229 g/mol. The Kier molecular flexibility index (Phi) is 5.55. The molecule has 1 saturated heterocycles. The number of hydrogen-bond acceptors (Lipinski definition) is 3. The molecule has 0 radical (unpaired) electrons. The normalized spacial score (nSPS) is 23.8. The Morgan fingerprint density at radius 1 is 1.62 bits per heavy atom. The van der Waals surface area contributed by atoms with Gasteiger partial charge in [-0.25, -0.2) is 10.3 Å². The molecule has 0 aliphatic carbocycles. The summed E-state index contributed by atoms with van der Waals surface area (Å²) in [6, 6.07) is 0.102. The largest absolute Gasteiger partial charge is 0.338 e. The van der Waals surface area contributed by atoms with Crippen LogP contribution in [-0.2, 0) is 4.84 Å². The number of likely N-dealkylation sites (tertiary alicyclic amines) is 1. The van der Waals surface area contributed by atoms with E-state index in [9.17, 15) is 4.79 Å². The Labute approximate surface area is 97.5 Å². The lowest BCUT2D eigenvalue weighted by atomic mass is 9.99. The molecule has 2 atom stereocenters. The predicted molar refractivity (Wildman–Crippen MR) is 63.0 cm³/mol. The molecular weight excluding hydrogens is 206 g/mol. The summed E-state index contributed by atoms with van der Waals surface area (Å²) in [6.07, 6.45) is 2.58. The quantitative estimate of drug-likeness (QED) is 0.706. The molecule has 1 rings (SSSR count). The van der Waals surface area contributed by atoms with Gasteiger partial charge in [0.1, 0.15) is 0 Å². The molecule has 1 heterocycles. The van der Waals surface area contributed by atoms with Crippen molar-refractivity contribution >= 4 is 6.03 Å². The summed E-state index contributed by atoms with van der Waals surface area (Å²) in [5.74, 6) is 0.768. The van der Waals surface area contributed by atoms with Gasteiger partial charge in [0.05, 0.1) is 7.11 Å². The van der Waals surface area contributed by atoms with Gasteiger partial charge in [0.15, 0.2) is 0 Å². The van der Waals surface area contributed by atoms with Crippen LogP contribution in [0.1, 0.15) is 26.7 Å². The van der Waals surface area contributed by atoms with Crippen LogP contribution in [0.25, 0.3) is 0 Å². The lowest BCUT2D eigenvalue weighted by molar-refractivity contribution is 0.103. The summed E-state index contributed by atoms with van der Waals surface area (Å²) >= 11 is 0. The van der Waals surface area contributed by atoms with Crippen molar-refractivity contribution in [3.63, 3.8) is 0 Å². The van der Waals surface area contributed by atoms with Gasteiger partial charge in [-0.15, -0.1) is 0 Å². The van der Waals surface area contributed by atoms with Gasteiger partial charge >= 0.3 is 6.03 Å². The summed E-state index contributed by atoms with van der Waals surface area (Å²) in [5.41, 5.74) is 2.24. The van der Waals surface area contributed by atoms with Crippen molar-refractivity contribution in [2.75, 3.05) is 26.7 Å². The first-order chi connectivity index (χ1) is 7.63. The summed E-state index contributed by atoms with van der Waals surface area (Å²) in [4.78, 5) is 18.1. The van der Waals surface area contributed by atoms with Crippen LogP contribution in [0.15, 0.2) is 0 Å². The molecule has 0 unspecified atom stereocenters. The number of piperidine rings is 1. The van der Waals surface area contributed by atoms with Crippen LogP contribution < -0.4 is 10.8 Å². The van der Waals surface area contributed by atoms with Crippen molar-refractivity contribution in [1.82, 2.24) is 15.7 Å². The van der Waals surface area contributed by atoms with Gasteiger partial charge < -0.3 is 5.32 Å². The zero-order valence-electron chi connectivity index (χ0n) is 10.5. The van der Waals surface area contributed by atoms with Crippen molar-refractivity contribution < 1.29 is 9.63 Å². The van der Waals surface area contributed by atoms with Crippen LogP contribution in [0.3, 0.4) is 0 Å². The van der Waals surface area contributed by atoms with Crippen molar-refractivity contribution in [3.8, 4) is 0 Å². The Bertz CT molecular complexity index is 223. The van der Waals surface area contributed by atoms with Crippen LogP contribution in [-0.4, -0.2) is 43.7 Å². The summed E-state index contributed by atoms with van der Waals surface area (Å²) < 4.78 is 0. The molecule has 1 aliphatic rings. The Morgan fingerprint density at radius 3 is 3.00 bits per heavy atom. The maximum atomic E-state index is 11.1. The van der Waals surface area contributed by atoms with Gasteiger partial charge in [0.25, 0.3) is 0 Å². The van der Waals surface area contributed by atoms with Gasteiger partial charge in [-0.05, 0) is 32.2 Å². The SMILES string of the molecule is CONC(=O)NC[C@@H](C)N1CCC[C@H](C)C1. The zero-order valence-corrected chi connectivity index (χ0v) is 10.5. The lowest BCUT2D eigenvalue weighted by Crippen LogP contribution is -2.47. The fraction of sp³-hybridized carbons (Fsp3) is 0.909. The molecule has 0 saturated carbocycles. The second kappa shape index (κ2) is 6.70. The van der Waals surface area contributed by atoms with E-state index in [2.05, 4.69) is 34.4 Å². The van der Waals surface area contributed by atoms with E-state index in [-0.39, 0.29) is 6.03 Å². The van der Waals surface area contributed by atoms with Crippen LogP contribution in [0.2, 0.25) is 0 Å². The number of carbonyl (C=O) groups is 1.